The number of nitrogens with two attached hydrogens (primary N) is 1. The maximum absolute atomic E-state index is 13.2. The SMILES string of the molecule is CC(=O)SC(Cc1ccccc1)C(=O)C1CC=CN(C(C)C(=O)O)C(=O)C1N. The first kappa shape index (κ1) is 21.8. The monoisotopic (exact) mass is 404 g/mol. The second kappa shape index (κ2) is 9.66. The van der Waals surface area contributed by atoms with E-state index in [0.29, 0.717) is 6.42 Å². The molecule has 1 amide bonds. The first-order chi connectivity index (χ1) is 13.2. The molecule has 3 N–H and O–H groups in total. The van der Waals surface area contributed by atoms with Crippen molar-refractivity contribution in [3.63, 3.8) is 0 Å². The van der Waals surface area contributed by atoms with Gasteiger partial charge in [0, 0.05) is 19.0 Å². The average Bonchev–Trinajstić information content (AvgIpc) is 2.80. The van der Waals surface area contributed by atoms with Crippen LogP contribution in [0.5, 0.6) is 0 Å². The van der Waals surface area contributed by atoms with Gasteiger partial charge in [-0.15, -0.1) is 0 Å². The number of Topliss-reactive ketones (excluding diaryl/α,β-unsaturated/α-hetero) is 1. The van der Waals surface area contributed by atoms with Gasteiger partial charge in [0.1, 0.15) is 6.04 Å². The molecule has 8 heteroatoms. The van der Waals surface area contributed by atoms with E-state index in [0.717, 1.165) is 22.2 Å². The number of hydrogen-bond acceptors (Lipinski definition) is 6. The van der Waals surface area contributed by atoms with Gasteiger partial charge in [0.25, 0.3) is 0 Å². The molecule has 0 fully saturated rings. The van der Waals surface area contributed by atoms with Crippen LogP contribution in [0.25, 0.3) is 0 Å². The minimum Gasteiger partial charge on any atom is -0.480 e. The van der Waals surface area contributed by atoms with Crippen LogP contribution < -0.4 is 5.73 Å². The number of thioether (sulfide) groups is 1. The van der Waals surface area contributed by atoms with Gasteiger partial charge in [0.15, 0.2) is 10.9 Å². The number of benzene rings is 1. The highest BCUT2D eigenvalue weighted by molar-refractivity contribution is 8.14. The molecule has 1 aromatic carbocycles. The highest BCUT2D eigenvalue weighted by Gasteiger charge is 2.39. The van der Waals surface area contributed by atoms with E-state index in [9.17, 15) is 24.3 Å². The third kappa shape index (κ3) is 5.30. The Balaban J connectivity index is 2.23. The number of carbonyl (C=O) groups is 4. The summed E-state index contributed by atoms with van der Waals surface area (Å²) < 4.78 is 0. The molecule has 1 aliphatic rings. The molecule has 1 heterocycles. The lowest BCUT2D eigenvalue weighted by molar-refractivity contribution is -0.148. The van der Waals surface area contributed by atoms with E-state index in [4.69, 9.17) is 5.73 Å². The molecular formula is C20H24N2O5S. The molecule has 0 radical (unpaired) electrons. The summed E-state index contributed by atoms with van der Waals surface area (Å²) >= 11 is 0.931. The van der Waals surface area contributed by atoms with Crippen LogP contribution in [0.3, 0.4) is 0 Å². The molecule has 2 rings (SSSR count). The van der Waals surface area contributed by atoms with Gasteiger partial charge in [-0.25, -0.2) is 4.79 Å². The third-order valence-corrected chi connectivity index (χ3v) is 5.67. The number of ketones is 1. The molecule has 28 heavy (non-hydrogen) atoms. The Hall–Kier alpha value is -2.45. The largest absolute Gasteiger partial charge is 0.480 e. The topological polar surface area (TPSA) is 118 Å². The minimum absolute atomic E-state index is 0.195. The predicted octanol–water partition coefficient (Wildman–Crippen LogP) is 1.61. The van der Waals surface area contributed by atoms with Crippen molar-refractivity contribution >= 4 is 34.5 Å². The zero-order chi connectivity index (χ0) is 20.8. The lowest BCUT2D eigenvalue weighted by Gasteiger charge is -2.28. The van der Waals surface area contributed by atoms with Gasteiger partial charge in [0.05, 0.1) is 11.3 Å². The Kier molecular flexibility index (Phi) is 7.53. The van der Waals surface area contributed by atoms with Gasteiger partial charge >= 0.3 is 5.97 Å². The van der Waals surface area contributed by atoms with Crippen molar-refractivity contribution in [1.29, 1.82) is 0 Å². The lowest BCUT2D eigenvalue weighted by atomic mass is 9.88. The van der Waals surface area contributed by atoms with Crippen molar-refractivity contribution in [2.75, 3.05) is 0 Å². The van der Waals surface area contributed by atoms with Crippen LogP contribution >= 0.6 is 11.8 Å². The van der Waals surface area contributed by atoms with E-state index in [1.165, 1.54) is 20.0 Å². The Morgan fingerprint density at radius 3 is 2.50 bits per heavy atom. The summed E-state index contributed by atoms with van der Waals surface area (Å²) in [5.41, 5.74) is 6.98. The summed E-state index contributed by atoms with van der Waals surface area (Å²) in [6, 6.07) is 7.05. The summed E-state index contributed by atoms with van der Waals surface area (Å²) in [5.74, 6) is -2.88. The Morgan fingerprint density at radius 1 is 1.29 bits per heavy atom. The summed E-state index contributed by atoms with van der Waals surface area (Å²) in [6.45, 7) is 2.77. The molecule has 4 unspecified atom stereocenters. The predicted molar refractivity (Wildman–Crippen MR) is 106 cm³/mol. The number of carbonyl (C=O) groups excluding carboxylic acids is 3. The van der Waals surface area contributed by atoms with E-state index < -0.39 is 35.1 Å². The molecule has 0 saturated heterocycles. The summed E-state index contributed by atoms with van der Waals surface area (Å²) in [5, 5.41) is 8.32. The normalized spacial score (nSPS) is 21.7. The molecule has 0 bridgehead atoms. The number of carboxylic acid groups (broad SMARTS) is 1. The van der Waals surface area contributed by atoms with Crippen molar-refractivity contribution in [2.24, 2.45) is 11.7 Å². The Morgan fingerprint density at radius 2 is 1.93 bits per heavy atom. The van der Waals surface area contributed by atoms with Crippen LogP contribution in [0.4, 0.5) is 0 Å². The van der Waals surface area contributed by atoms with Crippen molar-refractivity contribution in [1.82, 2.24) is 4.90 Å². The fourth-order valence-corrected chi connectivity index (χ4v) is 4.05. The standard InChI is InChI=1S/C20H24N2O5S/c1-12(20(26)27)22-10-6-9-15(17(21)19(22)25)18(24)16(28-13(2)23)11-14-7-4-3-5-8-14/h3-8,10,12,15-17H,9,11,21H2,1-2H3,(H,26,27). The molecule has 1 aliphatic heterocycles. The first-order valence-corrected chi connectivity index (χ1v) is 9.82. The maximum atomic E-state index is 13.2. The molecule has 0 aromatic heterocycles. The molecule has 1 aromatic rings. The highest BCUT2D eigenvalue weighted by atomic mass is 32.2. The van der Waals surface area contributed by atoms with Crippen LogP contribution in [-0.2, 0) is 25.6 Å². The maximum Gasteiger partial charge on any atom is 0.326 e. The number of allylic oxidation sites excluding steroid dienone is 1. The van der Waals surface area contributed by atoms with E-state index in [-0.39, 0.29) is 17.3 Å². The van der Waals surface area contributed by atoms with E-state index >= 15 is 0 Å². The highest BCUT2D eigenvalue weighted by Crippen LogP contribution is 2.27. The average molecular weight is 404 g/mol. The van der Waals surface area contributed by atoms with Gasteiger partial charge in [-0.05, 0) is 25.3 Å². The number of nitrogens with zero attached hydrogens (tertiary/aromatic N) is 1. The Labute approximate surface area is 168 Å². The number of carboxylic acids is 1. The van der Waals surface area contributed by atoms with Crippen molar-refractivity contribution < 1.29 is 24.3 Å². The van der Waals surface area contributed by atoms with Crippen molar-refractivity contribution in [3.05, 3.63) is 48.2 Å². The number of rotatable bonds is 7. The molecular weight excluding hydrogens is 380 g/mol. The smallest absolute Gasteiger partial charge is 0.326 e. The fraction of sp³-hybridized carbons (Fsp3) is 0.400. The second-order valence-electron chi connectivity index (χ2n) is 6.70. The summed E-state index contributed by atoms with van der Waals surface area (Å²) in [6.07, 6.45) is 3.52. The fourth-order valence-electron chi connectivity index (χ4n) is 3.09. The first-order valence-electron chi connectivity index (χ1n) is 8.94. The zero-order valence-corrected chi connectivity index (χ0v) is 16.6. The molecule has 0 spiro atoms. The van der Waals surface area contributed by atoms with Gasteiger partial charge in [-0.3, -0.25) is 14.4 Å². The van der Waals surface area contributed by atoms with Crippen LogP contribution in [0, 0.1) is 5.92 Å². The number of hydrogen-bond donors (Lipinski definition) is 2. The van der Waals surface area contributed by atoms with E-state index in [2.05, 4.69) is 0 Å². The summed E-state index contributed by atoms with van der Waals surface area (Å²) in [7, 11) is 0. The van der Waals surface area contributed by atoms with Crippen molar-refractivity contribution in [3.8, 4) is 0 Å². The van der Waals surface area contributed by atoms with Crippen LogP contribution in [-0.4, -0.2) is 50.1 Å². The second-order valence-corrected chi connectivity index (χ2v) is 8.08. The van der Waals surface area contributed by atoms with Gasteiger partial charge < -0.3 is 15.7 Å². The Bertz CT molecular complexity index is 780. The van der Waals surface area contributed by atoms with Crippen LogP contribution in [0.15, 0.2) is 42.6 Å². The van der Waals surface area contributed by atoms with Crippen molar-refractivity contribution in [2.45, 2.75) is 44.0 Å². The minimum atomic E-state index is -1.17. The number of amides is 1. The van der Waals surface area contributed by atoms with E-state index in [1.807, 2.05) is 30.3 Å². The van der Waals surface area contributed by atoms with Crippen LogP contribution in [0.1, 0.15) is 25.8 Å². The molecule has 150 valence electrons. The zero-order valence-electron chi connectivity index (χ0n) is 15.8. The quantitative estimate of drug-likeness (QED) is 0.709. The van der Waals surface area contributed by atoms with E-state index in [1.54, 1.807) is 6.08 Å². The van der Waals surface area contributed by atoms with Gasteiger partial charge in [-0.2, -0.15) is 0 Å². The van der Waals surface area contributed by atoms with Gasteiger partial charge in [-0.1, -0.05) is 48.2 Å². The molecule has 4 atom stereocenters. The molecule has 0 aliphatic carbocycles. The molecule has 0 saturated carbocycles. The van der Waals surface area contributed by atoms with Crippen LogP contribution in [0.2, 0.25) is 0 Å². The number of aliphatic carboxylic acids is 1. The van der Waals surface area contributed by atoms with Gasteiger partial charge in [0.2, 0.25) is 5.91 Å². The lowest BCUT2D eigenvalue weighted by Crippen LogP contribution is -2.52. The molecule has 7 nitrogen and oxygen atoms in total. The third-order valence-electron chi connectivity index (χ3n) is 4.66. The summed E-state index contributed by atoms with van der Waals surface area (Å²) in [4.78, 5) is 49.8.